The molecule has 0 radical (unpaired) electrons. The van der Waals surface area contributed by atoms with Crippen molar-refractivity contribution in [2.24, 2.45) is 0 Å². The van der Waals surface area contributed by atoms with Crippen LogP contribution in [0, 0.1) is 0 Å². The highest BCUT2D eigenvalue weighted by molar-refractivity contribution is 7.80. The fraction of sp³-hybridized carbons (Fsp3) is 0.667. The number of likely N-dealkylation sites (tertiary alicyclic amines) is 1. The second-order valence-electron chi connectivity index (χ2n) is 7.62. The molecule has 1 heterocycles. The Kier molecular flexibility index (Phi) is 6.71. The molecule has 0 bridgehead atoms. The molecule has 1 saturated heterocycles. The Bertz CT molecular complexity index is 560. The third kappa shape index (κ3) is 4.73. The predicted octanol–water partition coefficient (Wildman–Crippen LogP) is 4.67. The molecule has 0 aromatic heterocycles. The number of nitrogens with zero attached hydrogens (tertiary/aromatic N) is 2. The van der Waals surface area contributed by atoms with Gasteiger partial charge in [-0.2, -0.15) is 0 Å². The lowest BCUT2D eigenvalue weighted by Gasteiger charge is -2.42. The number of thiocarbonyl (C=S) groups is 1. The van der Waals surface area contributed by atoms with Gasteiger partial charge in [0.2, 0.25) is 0 Å². The number of piperidine rings is 1. The second kappa shape index (κ2) is 9.00. The lowest BCUT2D eigenvalue weighted by Crippen LogP contribution is -2.49. The van der Waals surface area contributed by atoms with Crippen LogP contribution >= 0.6 is 12.2 Å². The number of rotatable bonds is 4. The largest absolute Gasteiger partial charge is 0.349 e. The molecular weight excluding hydrogens is 326 g/mol. The van der Waals surface area contributed by atoms with Gasteiger partial charge in [0, 0.05) is 30.9 Å². The molecule has 0 atom stereocenters. The molecule has 1 aliphatic carbocycles. The summed E-state index contributed by atoms with van der Waals surface area (Å²) in [5.41, 5.74) is 2.49. The molecule has 3 nitrogen and oxygen atoms in total. The Morgan fingerprint density at radius 1 is 1.08 bits per heavy atom. The maximum Gasteiger partial charge on any atom is 0.173 e. The van der Waals surface area contributed by atoms with Crippen molar-refractivity contribution in [3.63, 3.8) is 0 Å². The molecule has 1 saturated carbocycles. The Hall–Kier alpha value is -1.13. The zero-order valence-electron chi connectivity index (χ0n) is 15.8. The monoisotopic (exact) mass is 359 g/mol. The van der Waals surface area contributed by atoms with Crippen LogP contribution in [0.4, 0.5) is 5.69 Å². The van der Waals surface area contributed by atoms with Crippen molar-refractivity contribution < 1.29 is 0 Å². The average molecular weight is 360 g/mol. The minimum atomic E-state index is 0.727. The highest BCUT2D eigenvalue weighted by atomic mass is 32.1. The van der Waals surface area contributed by atoms with Crippen LogP contribution in [0.25, 0.3) is 0 Å². The Balaban J connectivity index is 1.50. The molecule has 1 aliphatic heterocycles. The van der Waals surface area contributed by atoms with Crippen molar-refractivity contribution >= 4 is 23.0 Å². The van der Waals surface area contributed by atoms with E-state index in [1.54, 1.807) is 0 Å². The Labute approximate surface area is 158 Å². The third-order valence-corrected chi connectivity index (χ3v) is 6.48. The fourth-order valence-electron chi connectivity index (χ4n) is 4.41. The first kappa shape index (κ1) is 18.7. The molecule has 2 aliphatic rings. The van der Waals surface area contributed by atoms with E-state index in [1.165, 1.54) is 50.5 Å². The molecule has 0 amide bonds. The summed E-state index contributed by atoms with van der Waals surface area (Å²) in [5.74, 6) is 0. The number of hydrogen-bond donors (Lipinski definition) is 1. The number of para-hydroxylation sites is 1. The van der Waals surface area contributed by atoms with Crippen LogP contribution in [0.5, 0.6) is 0 Å². The van der Waals surface area contributed by atoms with Crippen LogP contribution in [0.1, 0.15) is 57.4 Å². The van der Waals surface area contributed by atoms with Gasteiger partial charge in [-0.3, -0.25) is 0 Å². The van der Waals surface area contributed by atoms with E-state index in [0.29, 0.717) is 0 Å². The normalized spacial score (nSPS) is 20.0. The Morgan fingerprint density at radius 3 is 2.40 bits per heavy atom. The zero-order valence-corrected chi connectivity index (χ0v) is 16.7. The molecule has 138 valence electrons. The van der Waals surface area contributed by atoms with E-state index >= 15 is 0 Å². The first-order valence-corrected chi connectivity index (χ1v) is 10.5. The van der Waals surface area contributed by atoms with E-state index in [1.807, 2.05) is 0 Å². The first-order chi connectivity index (χ1) is 12.2. The van der Waals surface area contributed by atoms with Crippen molar-refractivity contribution in [1.29, 1.82) is 0 Å². The van der Waals surface area contributed by atoms with E-state index in [-0.39, 0.29) is 0 Å². The summed E-state index contributed by atoms with van der Waals surface area (Å²) in [6.07, 6.45) is 10.5. The minimum Gasteiger partial charge on any atom is -0.349 e. The van der Waals surface area contributed by atoms with Gasteiger partial charge in [0.15, 0.2) is 5.11 Å². The van der Waals surface area contributed by atoms with Crippen LogP contribution in [0.2, 0.25) is 0 Å². The minimum absolute atomic E-state index is 0.727. The molecule has 25 heavy (non-hydrogen) atoms. The van der Waals surface area contributed by atoms with Crippen molar-refractivity contribution in [2.75, 3.05) is 25.5 Å². The van der Waals surface area contributed by atoms with E-state index in [9.17, 15) is 0 Å². The van der Waals surface area contributed by atoms with Gasteiger partial charge in [-0.25, -0.2) is 0 Å². The van der Waals surface area contributed by atoms with Gasteiger partial charge in [-0.1, -0.05) is 44.4 Å². The molecule has 3 rings (SSSR count). The lowest BCUT2D eigenvalue weighted by atomic mass is 9.92. The van der Waals surface area contributed by atoms with E-state index in [2.05, 4.69) is 53.4 Å². The van der Waals surface area contributed by atoms with Gasteiger partial charge in [0.1, 0.15) is 0 Å². The summed E-state index contributed by atoms with van der Waals surface area (Å²) < 4.78 is 0. The highest BCUT2D eigenvalue weighted by Crippen LogP contribution is 2.26. The number of anilines is 1. The third-order valence-electron chi connectivity index (χ3n) is 6.12. The summed E-state index contributed by atoms with van der Waals surface area (Å²) in [4.78, 5) is 5.03. The van der Waals surface area contributed by atoms with Gasteiger partial charge in [-0.05, 0) is 63.0 Å². The molecule has 0 spiro atoms. The second-order valence-corrected chi connectivity index (χ2v) is 8.00. The topological polar surface area (TPSA) is 18.5 Å². The van der Waals surface area contributed by atoms with Gasteiger partial charge in [0.05, 0.1) is 0 Å². The van der Waals surface area contributed by atoms with Gasteiger partial charge >= 0.3 is 0 Å². The highest BCUT2D eigenvalue weighted by Gasteiger charge is 2.28. The van der Waals surface area contributed by atoms with Crippen molar-refractivity contribution in [1.82, 2.24) is 9.80 Å². The van der Waals surface area contributed by atoms with Crippen LogP contribution in [0.3, 0.4) is 0 Å². The molecular formula is C21H33N3S. The van der Waals surface area contributed by atoms with Crippen LogP contribution in [-0.4, -0.2) is 47.1 Å². The standard InChI is InChI=1S/C21H33N3S/c1-3-17-9-7-8-12-20(17)22-21(25)24-15-13-19(14-16-24)23(2)18-10-5-4-6-11-18/h7-9,12,18-19H,3-6,10-11,13-16H2,1-2H3,(H,22,25). The predicted molar refractivity (Wildman–Crippen MR) is 111 cm³/mol. The van der Waals surface area contributed by atoms with Gasteiger partial charge in [0.25, 0.3) is 0 Å². The molecule has 1 aromatic rings. The van der Waals surface area contributed by atoms with E-state index in [0.717, 1.165) is 42.4 Å². The summed E-state index contributed by atoms with van der Waals surface area (Å²) >= 11 is 5.69. The molecule has 1 aromatic carbocycles. The number of aryl methyl sites for hydroxylation is 1. The number of benzene rings is 1. The maximum atomic E-state index is 5.69. The molecule has 4 heteroatoms. The van der Waals surface area contributed by atoms with E-state index in [4.69, 9.17) is 12.2 Å². The van der Waals surface area contributed by atoms with Crippen molar-refractivity contribution in [3.05, 3.63) is 29.8 Å². The SMILES string of the molecule is CCc1ccccc1NC(=S)N1CCC(N(C)C2CCCCC2)CC1. The van der Waals surface area contributed by atoms with Crippen molar-refractivity contribution in [2.45, 2.75) is 70.4 Å². The molecule has 2 fully saturated rings. The lowest BCUT2D eigenvalue weighted by molar-refractivity contribution is 0.0985. The van der Waals surface area contributed by atoms with Crippen molar-refractivity contribution in [3.8, 4) is 0 Å². The quantitative estimate of drug-likeness (QED) is 0.787. The number of hydrogen-bond acceptors (Lipinski definition) is 2. The first-order valence-electron chi connectivity index (χ1n) is 10.0. The average Bonchev–Trinajstić information content (AvgIpc) is 2.68. The Morgan fingerprint density at radius 2 is 1.72 bits per heavy atom. The van der Waals surface area contributed by atoms with Gasteiger partial charge in [-0.15, -0.1) is 0 Å². The van der Waals surface area contributed by atoms with Crippen LogP contribution < -0.4 is 5.32 Å². The summed E-state index contributed by atoms with van der Waals surface area (Å²) in [6, 6.07) is 10.0. The number of nitrogens with one attached hydrogen (secondary N) is 1. The smallest absolute Gasteiger partial charge is 0.173 e. The van der Waals surface area contributed by atoms with E-state index < -0.39 is 0 Å². The summed E-state index contributed by atoms with van der Waals surface area (Å²) in [5, 5.41) is 4.37. The zero-order chi connectivity index (χ0) is 17.6. The molecule has 1 N–H and O–H groups in total. The summed E-state index contributed by atoms with van der Waals surface area (Å²) in [7, 11) is 2.35. The molecule has 0 unspecified atom stereocenters. The van der Waals surface area contributed by atoms with Crippen LogP contribution in [-0.2, 0) is 6.42 Å². The van der Waals surface area contributed by atoms with Crippen LogP contribution in [0.15, 0.2) is 24.3 Å². The van der Waals surface area contributed by atoms with Gasteiger partial charge < -0.3 is 15.1 Å². The summed E-state index contributed by atoms with van der Waals surface area (Å²) in [6.45, 7) is 4.33. The maximum absolute atomic E-state index is 5.69. The fourth-order valence-corrected chi connectivity index (χ4v) is 4.70.